The number of thioether (sulfide) groups is 1. The van der Waals surface area contributed by atoms with E-state index in [0.717, 1.165) is 15.9 Å². The minimum absolute atomic E-state index is 0.0482. The molecule has 0 saturated heterocycles. The zero-order valence-electron chi connectivity index (χ0n) is 13.7. The van der Waals surface area contributed by atoms with Crippen molar-refractivity contribution in [3.63, 3.8) is 0 Å². The average Bonchev–Trinajstić information content (AvgIpc) is 3.09. The van der Waals surface area contributed by atoms with Crippen LogP contribution in [0.15, 0.2) is 64.5 Å². The molecule has 1 heterocycles. The van der Waals surface area contributed by atoms with Crippen LogP contribution in [-0.2, 0) is 0 Å². The van der Waals surface area contributed by atoms with E-state index >= 15 is 0 Å². The van der Waals surface area contributed by atoms with Crippen molar-refractivity contribution in [1.29, 1.82) is 0 Å². The van der Waals surface area contributed by atoms with Crippen molar-refractivity contribution in [2.75, 3.05) is 7.11 Å². The van der Waals surface area contributed by atoms with Gasteiger partial charge in [-0.05, 0) is 31.2 Å². The monoisotopic (exact) mass is 417 g/mol. The number of halogens is 1. The third kappa shape index (κ3) is 3.93. The second-order valence-electron chi connectivity index (χ2n) is 5.29. The van der Waals surface area contributed by atoms with Crippen LogP contribution in [0.5, 0.6) is 5.75 Å². The lowest BCUT2D eigenvalue weighted by molar-refractivity contribution is 0.0994. The Kier molecular flexibility index (Phi) is 5.55. The molecule has 1 aromatic heterocycles. The number of carbonyl (C=O) groups is 1. The summed E-state index contributed by atoms with van der Waals surface area (Å²) in [5, 5.41) is 8.50. The number of ether oxygens (including phenoxy) is 1. The zero-order chi connectivity index (χ0) is 17.8. The molecule has 3 aromatic rings. The highest BCUT2D eigenvalue weighted by Crippen LogP contribution is 2.29. The summed E-state index contributed by atoms with van der Waals surface area (Å²) in [5.41, 5.74) is 1.51. The molecule has 0 radical (unpaired) electrons. The van der Waals surface area contributed by atoms with Gasteiger partial charge in [0.15, 0.2) is 10.9 Å². The fraction of sp³-hybridized carbons (Fsp3) is 0.167. The molecule has 0 bridgehead atoms. The zero-order valence-corrected chi connectivity index (χ0v) is 16.1. The van der Waals surface area contributed by atoms with Crippen LogP contribution < -0.4 is 4.74 Å². The largest absolute Gasteiger partial charge is 0.495 e. The summed E-state index contributed by atoms with van der Waals surface area (Å²) < 4.78 is 8.17. The maximum atomic E-state index is 12.6. The van der Waals surface area contributed by atoms with Crippen LogP contribution in [0.25, 0.3) is 5.69 Å². The number of aromatic nitrogens is 3. The predicted molar refractivity (Wildman–Crippen MR) is 102 cm³/mol. The molecule has 0 amide bonds. The van der Waals surface area contributed by atoms with Gasteiger partial charge >= 0.3 is 0 Å². The van der Waals surface area contributed by atoms with Gasteiger partial charge in [0.2, 0.25) is 0 Å². The Morgan fingerprint density at radius 1 is 1.20 bits per heavy atom. The Morgan fingerprint density at radius 2 is 1.92 bits per heavy atom. The normalized spacial score (nSPS) is 12.0. The first-order valence-electron chi connectivity index (χ1n) is 7.60. The fourth-order valence-electron chi connectivity index (χ4n) is 2.36. The van der Waals surface area contributed by atoms with Gasteiger partial charge in [-0.2, -0.15) is 0 Å². The molecule has 25 heavy (non-hydrogen) atoms. The van der Waals surface area contributed by atoms with Crippen molar-refractivity contribution < 1.29 is 9.53 Å². The highest BCUT2D eigenvalue weighted by atomic mass is 79.9. The van der Waals surface area contributed by atoms with Crippen LogP contribution in [0.2, 0.25) is 0 Å². The quantitative estimate of drug-likeness (QED) is 0.439. The number of Topliss-reactive ketones (excluding diaryl/α,β-unsaturated/α-hetero) is 1. The van der Waals surface area contributed by atoms with Crippen LogP contribution >= 0.6 is 27.7 Å². The van der Waals surface area contributed by atoms with Gasteiger partial charge < -0.3 is 4.74 Å². The Bertz CT molecular complexity index is 880. The molecule has 7 heteroatoms. The second kappa shape index (κ2) is 7.84. The third-order valence-corrected chi connectivity index (χ3v) is 5.23. The van der Waals surface area contributed by atoms with E-state index in [1.165, 1.54) is 11.8 Å². The Hall–Kier alpha value is -2.12. The summed E-state index contributed by atoms with van der Waals surface area (Å²) in [7, 11) is 1.62. The molecule has 1 atom stereocenters. The smallest absolute Gasteiger partial charge is 0.196 e. The van der Waals surface area contributed by atoms with Crippen molar-refractivity contribution >= 4 is 33.5 Å². The van der Waals surface area contributed by atoms with E-state index in [2.05, 4.69) is 26.1 Å². The first kappa shape index (κ1) is 17.7. The molecule has 3 rings (SSSR count). The Balaban J connectivity index is 1.83. The lowest BCUT2D eigenvalue weighted by atomic mass is 10.1. The van der Waals surface area contributed by atoms with Crippen LogP contribution in [0.4, 0.5) is 0 Å². The molecule has 0 N–H and O–H groups in total. The van der Waals surface area contributed by atoms with Crippen molar-refractivity contribution in [2.24, 2.45) is 0 Å². The molecule has 0 aliphatic rings. The molecule has 0 aliphatic carbocycles. The summed E-state index contributed by atoms with van der Waals surface area (Å²) in [4.78, 5) is 12.6. The maximum Gasteiger partial charge on any atom is 0.196 e. The van der Waals surface area contributed by atoms with E-state index in [0.29, 0.717) is 10.7 Å². The number of hydrogen-bond donors (Lipinski definition) is 0. The van der Waals surface area contributed by atoms with E-state index in [9.17, 15) is 4.79 Å². The lowest BCUT2D eigenvalue weighted by Crippen LogP contribution is -2.14. The molecule has 0 fully saturated rings. The summed E-state index contributed by atoms with van der Waals surface area (Å²) in [5.74, 6) is 0.767. The molecule has 128 valence electrons. The van der Waals surface area contributed by atoms with Crippen molar-refractivity contribution in [3.05, 3.63) is 64.9 Å². The van der Waals surface area contributed by atoms with Gasteiger partial charge in [-0.15, -0.1) is 10.2 Å². The summed E-state index contributed by atoms with van der Waals surface area (Å²) in [6.45, 7) is 1.87. The Labute approximate surface area is 158 Å². The van der Waals surface area contributed by atoms with E-state index in [-0.39, 0.29) is 11.0 Å². The van der Waals surface area contributed by atoms with Gasteiger partial charge in [0.25, 0.3) is 0 Å². The molecule has 0 aliphatic heterocycles. The standard InChI is InChI=1S/C18H16BrN3O2S/c1-12(17(23)13-7-9-14(19)10-8-13)25-18-21-20-11-22(18)15-5-3-4-6-16(15)24-2/h3-12H,1-2H3/t12-/m0/s1. The van der Waals surface area contributed by atoms with Crippen LogP contribution in [-0.4, -0.2) is 32.9 Å². The van der Waals surface area contributed by atoms with Gasteiger partial charge in [0, 0.05) is 10.0 Å². The summed E-state index contributed by atoms with van der Waals surface area (Å²) in [6.07, 6.45) is 1.62. The van der Waals surface area contributed by atoms with Gasteiger partial charge in [-0.3, -0.25) is 9.36 Å². The number of benzene rings is 2. The number of para-hydroxylation sites is 2. The molecule has 5 nitrogen and oxygen atoms in total. The van der Waals surface area contributed by atoms with Gasteiger partial charge in [0.05, 0.1) is 18.0 Å². The van der Waals surface area contributed by atoms with Crippen molar-refractivity contribution in [3.8, 4) is 11.4 Å². The Morgan fingerprint density at radius 3 is 2.64 bits per heavy atom. The number of hydrogen-bond acceptors (Lipinski definition) is 5. The molecular formula is C18H16BrN3O2S. The number of nitrogens with zero attached hydrogens (tertiary/aromatic N) is 3. The summed E-state index contributed by atoms with van der Waals surface area (Å²) in [6, 6.07) is 15.0. The van der Waals surface area contributed by atoms with Crippen LogP contribution in [0.3, 0.4) is 0 Å². The fourth-order valence-corrected chi connectivity index (χ4v) is 3.54. The number of carbonyl (C=O) groups excluding carboxylic acids is 1. The lowest BCUT2D eigenvalue weighted by Gasteiger charge is -2.13. The van der Waals surface area contributed by atoms with Gasteiger partial charge in [-0.1, -0.05) is 52.0 Å². The third-order valence-electron chi connectivity index (χ3n) is 3.64. The second-order valence-corrected chi connectivity index (χ2v) is 7.51. The van der Waals surface area contributed by atoms with E-state index in [1.54, 1.807) is 13.4 Å². The molecule has 0 saturated carbocycles. The maximum absolute atomic E-state index is 12.6. The number of rotatable bonds is 6. The van der Waals surface area contributed by atoms with Crippen molar-refractivity contribution in [2.45, 2.75) is 17.3 Å². The first-order chi connectivity index (χ1) is 12.1. The summed E-state index contributed by atoms with van der Waals surface area (Å²) >= 11 is 4.75. The minimum atomic E-state index is -0.293. The van der Waals surface area contributed by atoms with Crippen molar-refractivity contribution in [1.82, 2.24) is 14.8 Å². The molecule has 2 aromatic carbocycles. The van der Waals surface area contributed by atoms with Gasteiger partial charge in [0.1, 0.15) is 12.1 Å². The minimum Gasteiger partial charge on any atom is -0.495 e. The van der Waals surface area contributed by atoms with E-state index in [1.807, 2.05) is 60.0 Å². The van der Waals surface area contributed by atoms with E-state index in [4.69, 9.17) is 4.74 Å². The average molecular weight is 418 g/mol. The SMILES string of the molecule is COc1ccccc1-n1cnnc1S[C@@H](C)C(=O)c1ccc(Br)cc1. The number of methoxy groups -OCH3 is 1. The van der Waals surface area contributed by atoms with Crippen LogP contribution in [0, 0.1) is 0 Å². The highest BCUT2D eigenvalue weighted by Gasteiger charge is 2.20. The van der Waals surface area contributed by atoms with Crippen LogP contribution in [0.1, 0.15) is 17.3 Å². The topological polar surface area (TPSA) is 57.0 Å². The van der Waals surface area contributed by atoms with Gasteiger partial charge in [-0.25, -0.2) is 0 Å². The first-order valence-corrected chi connectivity index (χ1v) is 9.27. The molecule has 0 spiro atoms. The predicted octanol–water partition coefficient (Wildman–Crippen LogP) is 4.40. The number of ketones is 1. The van der Waals surface area contributed by atoms with E-state index < -0.39 is 0 Å². The highest BCUT2D eigenvalue weighted by molar-refractivity contribution is 9.10. The molecular weight excluding hydrogens is 402 g/mol. The molecule has 0 unspecified atom stereocenters.